The van der Waals surface area contributed by atoms with Crippen LogP contribution in [0.25, 0.3) is 0 Å². The van der Waals surface area contributed by atoms with Crippen LogP contribution in [0.4, 0.5) is 0 Å². The van der Waals surface area contributed by atoms with E-state index >= 15 is 0 Å². The van der Waals surface area contributed by atoms with Crippen LogP contribution in [-0.2, 0) is 9.53 Å². The van der Waals surface area contributed by atoms with E-state index in [1.54, 1.807) is 0 Å². The molecule has 0 unspecified atom stereocenters. The normalized spacial score (nSPS) is 11.7. The highest BCUT2D eigenvalue weighted by Gasteiger charge is 2.28. The van der Waals surface area contributed by atoms with Crippen LogP contribution >= 0.6 is 0 Å². The number of rotatable bonds is 11. The Morgan fingerprint density at radius 1 is 1.00 bits per heavy atom. The van der Waals surface area contributed by atoms with Crippen LogP contribution in [-0.4, -0.2) is 59.4 Å². The molecule has 0 atom stereocenters. The molecule has 0 spiro atoms. The second-order valence-electron chi connectivity index (χ2n) is 4.23. The lowest BCUT2D eigenvalue weighted by Gasteiger charge is -2.26. The van der Waals surface area contributed by atoms with Crippen molar-refractivity contribution in [2.24, 2.45) is 5.41 Å². The van der Waals surface area contributed by atoms with Crippen LogP contribution in [0, 0.1) is 5.41 Å². The Morgan fingerprint density at radius 2 is 1.59 bits per heavy atom. The zero-order valence-electron chi connectivity index (χ0n) is 9.97. The molecule has 0 aromatic rings. The Bertz CT molecular complexity index is 194. The molecule has 0 rings (SSSR count). The molecule has 0 aliphatic rings. The number of aliphatic carboxylic acids is 1. The lowest BCUT2D eigenvalue weighted by Crippen LogP contribution is -2.38. The fraction of sp³-hybridized carbons (Fsp3) is 0.909. The van der Waals surface area contributed by atoms with E-state index in [0.29, 0.717) is 13.0 Å². The Kier molecular flexibility index (Phi) is 8.97. The first kappa shape index (κ1) is 16.3. The first-order valence-electron chi connectivity index (χ1n) is 5.72. The number of hydrogen-bond acceptors (Lipinski definition) is 5. The van der Waals surface area contributed by atoms with Gasteiger partial charge in [0.05, 0.1) is 31.8 Å². The van der Waals surface area contributed by atoms with E-state index in [2.05, 4.69) is 0 Å². The second kappa shape index (κ2) is 9.35. The summed E-state index contributed by atoms with van der Waals surface area (Å²) < 4.78 is 5.25. The molecule has 4 N–H and O–H groups in total. The predicted molar refractivity (Wildman–Crippen MR) is 60.6 cm³/mol. The summed E-state index contributed by atoms with van der Waals surface area (Å²) in [6.45, 7) is -0.478. The van der Waals surface area contributed by atoms with Crippen LogP contribution in [0.5, 0.6) is 0 Å². The molecule has 102 valence electrons. The van der Waals surface area contributed by atoms with E-state index in [-0.39, 0.29) is 32.8 Å². The maximum atomic E-state index is 10.2. The SMILES string of the molecule is O=C(O)CCCCCOCC(CO)(CO)CO. The minimum absolute atomic E-state index is 0.0927. The molecule has 0 bridgehead atoms. The van der Waals surface area contributed by atoms with Gasteiger partial charge in [0.25, 0.3) is 0 Å². The van der Waals surface area contributed by atoms with E-state index in [9.17, 15) is 4.79 Å². The number of carbonyl (C=O) groups is 1. The Labute approximate surface area is 101 Å². The van der Waals surface area contributed by atoms with Gasteiger partial charge in [-0.2, -0.15) is 0 Å². The summed E-state index contributed by atoms with van der Waals surface area (Å²) in [7, 11) is 0. The van der Waals surface area contributed by atoms with Crippen molar-refractivity contribution in [2.75, 3.05) is 33.0 Å². The van der Waals surface area contributed by atoms with E-state index in [1.807, 2.05) is 0 Å². The van der Waals surface area contributed by atoms with E-state index < -0.39 is 11.4 Å². The summed E-state index contributed by atoms with van der Waals surface area (Å²) in [4.78, 5) is 10.2. The van der Waals surface area contributed by atoms with Gasteiger partial charge in [-0.15, -0.1) is 0 Å². The van der Waals surface area contributed by atoms with Crippen LogP contribution in [0.1, 0.15) is 25.7 Å². The highest BCUT2D eigenvalue weighted by atomic mass is 16.5. The van der Waals surface area contributed by atoms with E-state index in [0.717, 1.165) is 12.8 Å². The summed E-state index contributed by atoms with van der Waals surface area (Å²) >= 11 is 0. The molecule has 0 radical (unpaired) electrons. The highest BCUT2D eigenvalue weighted by molar-refractivity contribution is 5.66. The topological polar surface area (TPSA) is 107 Å². The van der Waals surface area contributed by atoms with Crippen molar-refractivity contribution in [3.8, 4) is 0 Å². The Hall–Kier alpha value is -0.690. The van der Waals surface area contributed by atoms with E-state index in [4.69, 9.17) is 25.2 Å². The van der Waals surface area contributed by atoms with Gasteiger partial charge in [0.2, 0.25) is 0 Å². The highest BCUT2D eigenvalue weighted by Crippen LogP contribution is 2.15. The molecule has 0 amide bonds. The fourth-order valence-electron chi connectivity index (χ4n) is 1.23. The maximum absolute atomic E-state index is 10.2. The minimum Gasteiger partial charge on any atom is -0.481 e. The molecule has 17 heavy (non-hydrogen) atoms. The summed E-state index contributed by atoms with van der Waals surface area (Å²) in [5.41, 5.74) is -0.985. The quantitative estimate of drug-likeness (QED) is 0.372. The van der Waals surface area contributed by atoms with Crippen molar-refractivity contribution in [3.63, 3.8) is 0 Å². The Balaban J connectivity index is 3.52. The van der Waals surface area contributed by atoms with Crippen molar-refractivity contribution >= 4 is 5.97 Å². The summed E-state index contributed by atoms with van der Waals surface area (Å²) in [6, 6.07) is 0. The minimum atomic E-state index is -0.985. The molecule has 0 fully saturated rings. The number of carboxylic acid groups (broad SMARTS) is 1. The van der Waals surface area contributed by atoms with Crippen molar-refractivity contribution in [1.29, 1.82) is 0 Å². The molecular weight excluding hydrogens is 228 g/mol. The molecule has 0 aliphatic carbocycles. The van der Waals surface area contributed by atoms with Gasteiger partial charge >= 0.3 is 5.97 Å². The summed E-state index contributed by atoms with van der Waals surface area (Å²) in [5.74, 6) is -0.800. The maximum Gasteiger partial charge on any atom is 0.303 e. The second-order valence-corrected chi connectivity index (χ2v) is 4.23. The van der Waals surface area contributed by atoms with Crippen molar-refractivity contribution in [1.82, 2.24) is 0 Å². The van der Waals surface area contributed by atoms with Gasteiger partial charge in [-0.3, -0.25) is 4.79 Å². The smallest absolute Gasteiger partial charge is 0.303 e. The zero-order chi connectivity index (χ0) is 13.1. The molecule has 0 heterocycles. The number of carboxylic acids is 1. The first-order valence-corrected chi connectivity index (χ1v) is 5.72. The van der Waals surface area contributed by atoms with Crippen LogP contribution in [0.2, 0.25) is 0 Å². The number of unbranched alkanes of at least 4 members (excludes halogenated alkanes) is 2. The average molecular weight is 250 g/mol. The number of hydrogen-bond donors (Lipinski definition) is 4. The monoisotopic (exact) mass is 250 g/mol. The van der Waals surface area contributed by atoms with Crippen molar-refractivity contribution in [3.05, 3.63) is 0 Å². The van der Waals surface area contributed by atoms with Gasteiger partial charge in [0.1, 0.15) is 0 Å². The zero-order valence-corrected chi connectivity index (χ0v) is 9.97. The third-order valence-corrected chi connectivity index (χ3v) is 2.59. The first-order chi connectivity index (χ1) is 8.10. The standard InChI is InChI=1S/C11H22O6/c12-6-11(7-13,8-14)9-17-5-3-1-2-4-10(15)16/h12-14H,1-9H2,(H,15,16). The number of aliphatic hydroxyl groups excluding tert-OH is 3. The molecule has 0 saturated carbocycles. The fourth-order valence-corrected chi connectivity index (χ4v) is 1.23. The molecule has 0 aromatic carbocycles. The Morgan fingerprint density at radius 3 is 2.06 bits per heavy atom. The molecular formula is C11H22O6. The molecule has 0 aromatic heterocycles. The van der Waals surface area contributed by atoms with Crippen LogP contribution in [0.15, 0.2) is 0 Å². The van der Waals surface area contributed by atoms with Gasteiger partial charge in [-0.05, 0) is 12.8 Å². The predicted octanol–water partition coefficient (Wildman–Crippen LogP) is -0.389. The van der Waals surface area contributed by atoms with Gasteiger partial charge in [-0.25, -0.2) is 0 Å². The van der Waals surface area contributed by atoms with Crippen LogP contribution in [0.3, 0.4) is 0 Å². The largest absolute Gasteiger partial charge is 0.481 e. The van der Waals surface area contributed by atoms with Crippen LogP contribution < -0.4 is 0 Å². The van der Waals surface area contributed by atoms with Gasteiger partial charge in [-0.1, -0.05) is 6.42 Å². The third kappa shape index (κ3) is 7.27. The van der Waals surface area contributed by atoms with Gasteiger partial charge < -0.3 is 25.2 Å². The molecule has 0 aliphatic heterocycles. The lowest BCUT2D eigenvalue weighted by molar-refractivity contribution is -0.137. The summed E-state index contributed by atoms with van der Waals surface area (Å²) in [5, 5.41) is 35.4. The third-order valence-electron chi connectivity index (χ3n) is 2.59. The van der Waals surface area contributed by atoms with Crippen molar-refractivity contribution in [2.45, 2.75) is 25.7 Å². The van der Waals surface area contributed by atoms with Gasteiger partial charge in [0.15, 0.2) is 0 Å². The number of aliphatic hydroxyl groups is 3. The molecule has 6 nitrogen and oxygen atoms in total. The molecule has 0 saturated heterocycles. The number of ether oxygens (including phenoxy) is 1. The summed E-state index contributed by atoms with van der Waals surface area (Å²) in [6.07, 6.45) is 2.26. The molecule has 6 heteroatoms. The van der Waals surface area contributed by atoms with E-state index in [1.165, 1.54) is 0 Å². The average Bonchev–Trinajstić information content (AvgIpc) is 2.33. The van der Waals surface area contributed by atoms with Crippen molar-refractivity contribution < 1.29 is 30.0 Å². The van der Waals surface area contributed by atoms with Gasteiger partial charge in [0, 0.05) is 13.0 Å². The lowest BCUT2D eigenvalue weighted by atomic mass is 9.93.